The number of likely N-dealkylation sites (N-methyl/N-ethyl adjacent to an activating group) is 2. The summed E-state index contributed by atoms with van der Waals surface area (Å²) >= 11 is 9.95. The van der Waals surface area contributed by atoms with Crippen molar-refractivity contribution in [1.82, 2.24) is 19.7 Å². The first-order chi connectivity index (χ1) is 14.8. The molecule has 7 heteroatoms. The second-order valence-electron chi connectivity index (χ2n) is 8.98. The summed E-state index contributed by atoms with van der Waals surface area (Å²) in [5, 5.41) is 0.766. The Balaban J connectivity index is 1.75. The van der Waals surface area contributed by atoms with Crippen LogP contribution in [0.1, 0.15) is 42.3 Å². The van der Waals surface area contributed by atoms with Crippen molar-refractivity contribution >= 4 is 33.4 Å². The summed E-state index contributed by atoms with van der Waals surface area (Å²) in [5.74, 6) is 0.177. The number of amides is 1. The Morgan fingerprint density at radius 2 is 1.97 bits per heavy atom. The van der Waals surface area contributed by atoms with Gasteiger partial charge in [-0.25, -0.2) is 0 Å². The number of aromatic nitrogens is 1. The van der Waals surface area contributed by atoms with E-state index in [9.17, 15) is 4.79 Å². The summed E-state index contributed by atoms with van der Waals surface area (Å²) in [5.41, 5.74) is 4.88. The number of nitrogens with zero attached hydrogens (tertiary/aromatic N) is 4. The Morgan fingerprint density at radius 3 is 2.71 bits per heavy atom. The highest BCUT2D eigenvalue weighted by molar-refractivity contribution is 9.10. The van der Waals surface area contributed by atoms with E-state index in [-0.39, 0.29) is 24.0 Å². The molecule has 1 aromatic heterocycles. The van der Waals surface area contributed by atoms with Crippen LogP contribution in [0.4, 0.5) is 0 Å². The maximum Gasteiger partial charge on any atom is 0.241 e. The molecule has 1 unspecified atom stereocenters. The summed E-state index contributed by atoms with van der Waals surface area (Å²) in [6.07, 6.45) is 3.75. The number of halogens is 2. The van der Waals surface area contributed by atoms with Crippen molar-refractivity contribution in [3.8, 4) is 0 Å². The van der Waals surface area contributed by atoms with E-state index in [0.717, 1.165) is 41.1 Å². The fourth-order valence-electron chi connectivity index (χ4n) is 4.67. The number of rotatable bonds is 3. The Bertz CT molecular complexity index is 929. The van der Waals surface area contributed by atoms with Gasteiger partial charge in [-0.1, -0.05) is 17.7 Å². The monoisotopic (exact) mass is 504 g/mol. The Morgan fingerprint density at radius 1 is 1.23 bits per heavy atom. The number of aryl methyl sites for hydroxylation is 2. The molecule has 1 amide bonds. The number of pyridine rings is 1. The highest BCUT2D eigenvalue weighted by atomic mass is 79.9. The van der Waals surface area contributed by atoms with Gasteiger partial charge in [0, 0.05) is 48.4 Å². The van der Waals surface area contributed by atoms with E-state index in [1.54, 1.807) is 0 Å². The largest absolute Gasteiger partial charge is 0.342 e. The number of carbonyl (C=O) groups is 1. The van der Waals surface area contributed by atoms with Crippen molar-refractivity contribution in [2.75, 3.05) is 33.7 Å². The molecule has 1 fully saturated rings. The molecule has 2 aliphatic rings. The molecule has 1 aliphatic carbocycles. The molecule has 166 valence electrons. The highest BCUT2D eigenvalue weighted by Crippen LogP contribution is 2.38. The fourth-order valence-corrected chi connectivity index (χ4v) is 5.24. The Kier molecular flexibility index (Phi) is 6.73. The molecule has 0 radical (unpaired) electrons. The van der Waals surface area contributed by atoms with Crippen LogP contribution in [0.15, 0.2) is 34.9 Å². The summed E-state index contributed by atoms with van der Waals surface area (Å²) in [6, 6.07) is 8.44. The van der Waals surface area contributed by atoms with Crippen LogP contribution in [0.3, 0.4) is 0 Å². The predicted molar refractivity (Wildman–Crippen MR) is 129 cm³/mol. The number of benzene rings is 1. The fraction of sp³-hybridized carbons (Fsp3) is 0.500. The average molecular weight is 506 g/mol. The van der Waals surface area contributed by atoms with E-state index in [1.807, 2.05) is 24.2 Å². The van der Waals surface area contributed by atoms with Gasteiger partial charge in [0.25, 0.3) is 0 Å². The molecule has 0 bridgehead atoms. The van der Waals surface area contributed by atoms with Gasteiger partial charge in [-0.3, -0.25) is 19.6 Å². The molecule has 1 aliphatic heterocycles. The molecule has 0 N–H and O–H groups in total. The summed E-state index contributed by atoms with van der Waals surface area (Å²) in [4.78, 5) is 24.6. The third kappa shape index (κ3) is 4.54. The van der Waals surface area contributed by atoms with E-state index in [2.05, 4.69) is 64.8 Å². The minimum absolute atomic E-state index is 0.0197. The normalized spacial score (nSPS) is 22.0. The van der Waals surface area contributed by atoms with E-state index >= 15 is 0 Å². The maximum atomic E-state index is 13.2. The molecule has 1 aromatic carbocycles. The van der Waals surface area contributed by atoms with Crippen LogP contribution >= 0.6 is 27.5 Å². The lowest BCUT2D eigenvalue weighted by Crippen LogP contribution is -2.59. The van der Waals surface area contributed by atoms with Gasteiger partial charge in [-0.05, 0) is 84.6 Å². The molecule has 2 aromatic rings. The van der Waals surface area contributed by atoms with Crippen LogP contribution in [-0.2, 0) is 17.6 Å². The Labute approximate surface area is 198 Å². The second-order valence-corrected chi connectivity index (χ2v) is 10.3. The summed E-state index contributed by atoms with van der Waals surface area (Å²) in [7, 11) is 3.95. The van der Waals surface area contributed by atoms with Crippen molar-refractivity contribution in [1.29, 1.82) is 0 Å². The average Bonchev–Trinajstić information content (AvgIpc) is 2.89. The third-order valence-corrected chi connectivity index (χ3v) is 7.41. The molecule has 2 heterocycles. The van der Waals surface area contributed by atoms with Crippen molar-refractivity contribution in [3.05, 3.63) is 62.3 Å². The van der Waals surface area contributed by atoms with Gasteiger partial charge in [-0.2, -0.15) is 0 Å². The smallest absolute Gasteiger partial charge is 0.241 e. The zero-order valence-electron chi connectivity index (χ0n) is 18.6. The van der Waals surface area contributed by atoms with Crippen molar-refractivity contribution in [2.24, 2.45) is 0 Å². The van der Waals surface area contributed by atoms with Gasteiger partial charge >= 0.3 is 0 Å². The predicted octanol–water partition coefficient (Wildman–Crippen LogP) is 4.17. The number of carbonyl (C=O) groups excluding carboxylic acids is 1. The molecular formula is C24H30BrClN4O. The Hall–Kier alpha value is -1.47. The van der Waals surface area contributed by atoms with Crippen LogP contribution in [0.25, 0.3) is 0 Å². The van der Waals surface area contributed by atoms with Crippen LogP contribution in [0.5, 0.6) is 0 Å². The van der Waals surface area contributed by atoms with Gasteiger partial charge in [0.05, 0.1) is 11.7 Å². The van der Waals surface area contributed by atoms with Crippen LogP contribution in [0.2, 0.25) is 5.02 Å². The van der Waals surface area contributed by atoms with Crippen molar-refractivity contribution in [2.45, 2.75) is 44.8 Å². The SMILES string of the molecule is CC(C)N(C)C(=O)[C@H]1CN(C2c3ccc(Cl)cc3CCc3cc(Br)cnc32)CCN1C. The van der Waals surface area contributed by atoms with Crippen LogP contribution in [-0.4, -0.2) is 71.4 Å². The minimum atomic E-state index is -0.168. The summed E-state index contributed by atoms with van der Waals surface area (Å²) in [6.45, 7) is 6.52. The zero-order chi connectivity index (χ0) is 22.3. The first-order valence-electron chi connectivity index (χ1n) is 10.9. The number of hydrogen-bond donors (Lipinski definition) is 0. The second kappa shape index (κ2) is 9.18. The quantitative estimate of drug-likeness (QED) is 0.628. The lowest BCUT2D eigenvalue weighted by molar-refractivity contribution is -0.139. The highest BCUT2D eigenvalue weighted by Gasteiger charge is 2.38. The zero-order valence-corrected chi connectivity index (χ0v) is 20.9. The molecule has 0 saturated carbocycles. The van der Waals surface area contributed by atoms with E-state index in [1.165, 1.54) is 16.7 Å². The van der Waals surface area contributed by atoms with Gasteiger partial charge in [0.2, 0.25) is 5.91 Å². The van der Waals surface area contributed by atoms with E-state index < -0.39 is 0 Å². The number of piperazine rings is 1. The third-order valence-electron chi connectivity index (χ3n) is 6.74. The topological polar surface area (TPSA) is 39.7 Å². The molecule has 1 saturated heterocycles. The number of fused-ring (bicyclic) bond motifs is 2. The first kappa shape index (κ1) is 22.7. The molecule has 5 nitrogen and oxygen atoms in total. The van der Waals surface area contributed by atoms with Crippen molar-refractivity contribution in [3.63, 3.8) is 0 Å². The van der Waals surface area contributed by atoms with Crippen molar-refractivity contribution < 1.29 is 4.79 Å². The molecule has 31 heavy (non-hydrogen) atoms. The molecule has 2 atom stereocenters. The van der Waals surface area contributed by atoms with Gasteiger partial charge in [0.15, 0.2) is 0 Å². The van der Waals surface area contributed by atoms with Gasteiger partial charge in [0.1, 0.15) is 6.04 Å². The summed E-state index contributed by atoms with van der Waals surface area (Å²) < 4.78 is 0.999. The number of hydrogen-bond acceptors (Lipinski definition) is 4. The minimum Gasteiger partial charge on any atom is -0.342 e. The first-order valence-corrected chi connectivity index (χ1v) is 12.1. The van der Waals surface area contributed by atoms with Crippen LogP contribution < -0.4 is 0 Å². The van der Waals surface area contributed by atoms with Gasteiger partial charge < -0.3 is 4.90 Å². The van der Waals surface area contributed by atoms with E-state index in [0.29, 0.717) is 6.54 Å². The maximum absolute atomic E-state index is 13.2. The lowest BCUT2D eigenvalue weighted by atomic mass is 9.95. The lowest BCUT2D eigenvalue weighted by Gasteiger charge is -2.44. The standard InChI is InChI=1S/C24H30BrClN4O/c1-15(2)29(4)24(31)21-14-30(10-9-28(21)3)23-20-8-7-19(26)12-16(20)5-6-17-11-18(25)13-27-22(17)23/h7-8,11-13,15,21,23H,5-6,9-10,14H2,1-4H3/t21-,23?/m1/s1. The molecular weight excluding hydrogens is 476 g/mol. The van der Waals surface area contributed by atoms with Gasteiger partial charge in [-0.15, -0.1) is 0 Å². The van der Waals surface area contributed by atoms with E-state index in [4.69, 9.17) is 16.6 Å². The molecule has 0 spiro atoms. The van der Waals surface area contributed by atoms with Crippen LogP contribution in [0, 0.1) is 0 Å². The molecule has 4 rings (SSSR count).